The SMILES string of the molecule is COc1cc(NC(=O)[C@H]2CCC(=O)NC2)ccc1NC(=O)OC(C)(C)C. The van der Waals surface area contributed by atoms with E-state index in [9.17, 15) is 14.4 Å². The molecule has 0 aromatic heterocycles. The summed E-state index contributed by atoms with van der Waals surface area (Å²) in [6.45, 7) is 5.66. The Morgan fingerprint density at radius 3 is 2.54 bits per heavy atom. The number of rotatable bonds is 4. The second kappa shape index (κ2) is 8.07. The zero-order valence-electron chi connectivity index (χ0n) is 15.5. The van der Waals surface area contributed by atoms with Gasteiger partial charge in [-0.1, -0.05) is 0 Å². The molecule has 0 spiro atoms. The van der Waals surface area contributed by atoms with Gasteiger partial charge in [-0.3, -0.25) is 14.9 Å². The van der Waals surface area contributed by atoms with Gasteiger partial charge in [0.05, 0.1) is 18.7 Å². The van der Waals surface area contributed by atoms with Crippen LogP contribution in [0.25, 0.3) is 0 Å². The first-order valence-electron chi connectivity index (χ1n) is 8.43. The van der Waals surface area contributed by atoms with Gasteiger partial charge in [-0.05, 0) is 39.3 Å². The van der Waals surface area contributed by atoms with Crippen LogP contribution < -0.4 is 20.7 Å². The summed E-state index contributed by atoms with van der Waals surface area (Å²) in [6, 6.07) is 4.90. The Labute approximate surface area is 152 Å². The fraction of sp³-hybridized carbons (Fsp3) is 0.500. The quantitative estimate of drug-likeness (QED) is 0.762. The number of carbonyl (C=O) groups excluding carboxylic acids is 3. The first kappa shape index (κ1) is 19.6. The molecule has 0 aliphatic carbocycles. The van der Waals surface area contributed by atoms with Gasteiger partial charge in [-0.15, -0.1) is 0 Å². The lowest BCUT2D eigenvalue weighted by Crippen LogP contribution is -2.40. The van der Waals surface area contributed by atoms with Crippen LogP contribution in [0, 0.1) is 5.92 Å². The third-order valence-corrected chi connectivity index (χ3v) is 3.74. The van der Waals surface area contributed by atoms with E-state index in [0.717, 1.165) is 0 Å². The third kappa shape index (κ3) is 5.65. The molecule has 1 aromatic rings. The summed E-state index contributed by atoms with van der Waals surface area (Å²) in [7, 11) is 1.47. The Morgan fingerprint density at radius 2 is 1.96 bits per heavy atom. The summed E-state index contributed by atoms with van der Waals surface area (Å²) in [5.74, 6) is -0.0722. The highest BCUT2D eigenvalue weighted by molar-refractivity contribution is 5.95. The van der Waals surface area contributed by atoms with Crippen molar-refractivity contribution in [3.63, 3.8) is 0 Å². The molecule has 1 fully saturated rings. The minimum atomic E-state index is -0.610. The summed E-state index contributed by atoms with van der Waals surface area (Å²) < 4.78 is 10.5. The molecule has 142 valence electrons. The highest BCUT2D eigenvalue weighted by atomic mass is 16.6. The van der Waals surface area contributed by atoms with E-state index in [1.807, 2.05) is 0 Å². The molecule has 8 heteroatoms. The summed E-state index contributed by atoms with van der Waals surface area (Å²) in [6.07, 6.45) is 0.276. The zero-order chi connectivity index (χ0) is 19.3. The first-order valence-corrected chi connectivity index (χ1v) is 8.43. The topological polar surface area (TPSA) is 106 Å². The minimum Gasteiger partial charge on any atom is -0.494 e. The molecule has 0 bridgehead atoms. The van der Waals surface area contributed by atoms with Crippen LogP contribution in [0.15, 0.2) is 18.2 Å². The molecule has 3 amide bonds. The number of ether oxygens (including phenoxy) is 2. The molecule has 26 heavy (non-hydrogen) atoms. The summed E-state index contributed by atoms with van der Waals surface area (Å²) in [5, 5.41) is 8.11. The number of hydrogen-bond acceptors (Lipinski definition) is 5. The predicted molar refractivity (Wildman–Crippen MR) is 97.2 cm³/mol. The van der Waals surface area contributed by atoms with Crippen molar-refractivity contribution in [2.24, 2.45) is 5.92 Å². The number of hydrogen-bond donors (Lipinski definition) is 3. The summed E-state index contributed by atoms with van der Waals surface area (Å²) in [5.41, 5.74) is 0.365. The zero-order valence-corrected chi connectivity index (χ0v) is 15.5. The lowest BCUT2D eigenvalue weighted by Gasteiger charge is -2.22. The third-order valence-electron chi connectivity index (χ3n) is 3.74. The van der Waals surface area contributed by atoms with Gasteiger partial charge in [-0.2, -0.15) is 0 Å². The van der Waals surface area contributed by atoms with Crippen LogP contribution in [-0.4, -0.2) is 37.2 Å². The van der Waals surface area contributed by atoms with Crippen molar-refractivity contribution in [2.75, 3.05) is 24.3 Å². The Hall–Kier alpha value is -2.77. The normalized spacial score (nSPS) is 17.1. The molecule has 1 aliphatic rings. The van der Waals surface area contributed by atoms with E-state index in [-0.39, 0.29) is 17.7 Å². The summed E-state index contributed by atoms with van der Waals surface area (Å²) in [4.78, 5) is 35.4. The van der Waals surface area contributed by atoms with Crippen LogP contribution in [-0.2, 0) is 14.3 Å². The van der Waals surface area contributed by atoms with Gasteiger partial charge in [0.1, 0.15) is 11.4 Å². The Kier molecular flexibility index (Phi) is 6.07. The molecule has 8 nitrogen and oxygen atoms in total. The molecule has 0 unspecified atom stereocenters. The van der Waals surface area contributed by atoms with E-state index < -0.39 is 11.7 Å². The van der Waals surface area contributed by atoms with Crippen molar-refractivity contribution in [3.05, 3.63) is 18.2 Å². The van der Waals surface area contributed by atoms with Crippen LogP contribution in [0.5, 0.6) is 5.75 Å². The highest BCUT2D eigenvalue weighted by Crippen LogP contribution is 2.29. The number of anilines is 2. The van der Waals surface area contributed by atoms with Gasteiger partial charge in [0, 0.05) is 24.7 Å². The van der Waals surface area contributed by atoms with Crippen LogP contribution in [0.4, 0.5) is 16.2 Å². The fourth-order valence-corrected chi connectivity index (χ4v) is 2.49. The van der Waals surface area contributed by atoms with Gasteiger partial charge >= 0.3 is 6.09 Å². The molecule has 3 N–H and O–H groups in total. The number of amides is 3. The molecule has 1 saturated heterocycles. The number of methoxy groups -OCH3 is 1. The number of benzene rings is 1. The lowest BCUT2D eigenvalue weighted by atomic mass is 9.98. The van der Waals surface area contributed by atoms with Crippen molar-refractivity contribution < 1.29 is 23.9 Å². The monoisotopic (exact) mass is 363 g/mol. The second-order valence-electron chi connectivity index (χ2n) is 7.07. The van der Waals surface area contributed by atoms with Gasteiger partial charge in [0.15, 0.2) is 0 Å². The lowest BCUT2D eigenvalue weighted by molar-refractivity contribution is -0.126. The van der Waals surface area contributed by atoms with Gasteiger partial charge < -0.3 is 20.1 Å². The van der Waals surface area contributed by atoms with E-state index in [1.54, 1.807) is 39.0 Å². The average molecular weight is 363 g/mol. The Bertz CT molecular complexity index is 687. The van der Waals surface area contributed by atoms with Crippen molar-refractivity contribution >= 4 is 29.3 Å². The number of piperidine rings is 1. The molecular weight excluding hydrogens is 338 g/mol. The number of carbonyl (C=O) groups is 3. The van der Waals surface area contributed by atoms with Crippen LogP contribution in [0.1, 0.15) is 33.6 Å². The van der Waals surface area contributed by atoms with Crippen LogP contribution >= 0.6 is 0 Å². The maximum absolute atomic E-state index is 12.3. The van der Waals surface area contributed by atoms with Gasteiger partial charge in [-0.25, -0.2) is 4.79 Å². The van der Waals surface area contributed by atoms with E-state index in [0.29, 0.717) is 36.5 Å². The maximum atomic E-state index is 12.3. The molecule has 1 aliphatic heterocycles. The van der Waals surface area contributed by atoms with Crippen LogP contribution in [0.3, 0.4) is 0 Å². The highest BCUT2D eigenvalue weighted by Gasteiger charge is 2.24. The number of nitrogens with one attached hydrogen (secondary N) is 3. The van der Waals surface area contributed by atoms with E-state index in [2.05, 4.69) is 16.0 Å². The first-order chi connectivity index (χ1) is 12.2. The molecule has 1 heterocycles. The van der Waals surface area contributed by atoms with Crippen molar-refractivity contribution in [1.82, 2.24) is 5.32 Å². The smallest absolute Gasteiger partial charge is 0.412 e. The molecule has 1 atom stereocenters. The van der Waals surface area contributed by atoms with Gasteiger partial charge in [0.25, 0.3) is 0 Å². The standard InChI is InChI=1S/C18H25N3O5/c1-18(2,3)26-17(24)21-13-7-6-12(9-14(13)25-4)20-16(23)11-5-8-15(22)19-10-11/h6-7,9,11H,5,8,10H2,1-4H3,(H,19,22)(H,20,23)(H,21,24)/t11-/m0/s1. The van der Waals surface area contributed by atoms with Crippen LogP contribution in [0.2, 0.25) is 0 Å². The van der Waals surface area contributed by atoms with Gasteiger partial charge in [0.2, 0.25) is 11.8 Å². The molecular formula is C18H25N3O5. The fourth-order valence-electron chi connectivity index (χ4n) is 2.49. The predicted octanol–water partition coefficient (Wildman–Crippen LogP) is 2.51. The molecule has 1 aromatic carbocycles. The average Bonchev–Trinajstić information content (AvgIpc) is 2.55. The van der Waals surface area contributed by atoms with E-state index in [1.165, 1.54) is 7.11 Å². The Morgan fingerprint density at radius 1 is 1.23 bits per heavy atom. The maximum Gasteiger partial charge on any atom is 0.412 e. The largest absolute Gasteiger partial charge is 0.494 e. The van der Waals surface area contributed by atoms with Crippen molar-refractivity contribution in [1.29, 1.82) is 0 Å². The summed E-state index contributed by atoms with van der Waals surface area (Å²) >= 11 is 0. The minimum absolute atomic E-state index is 0.0340. The molecule has 0 radical (unpaired) electrons. The van der Waals surface area contributed by atoms with Crippen molar-refractivity contribution in [2.45, 2.75) is 39.2 Å². The molecule has 0 saturated carbocycles. The van der Waals surface area contributed by atoms with E-state index >= 15 is 0 Å². The second-order valence-corrected chi connectivity index (χ2v) is 7.07. The Balaban J connectivity index is 2.02. The molecule has 2 rings (SSSR count). The van der Waals surface area contributed by atoms with E-state index in [4.69, 9.17) is 9.47 Å². The van der Waals surface area contributed by atoms with Crippen molar-refractivity contribution in [3.8, 4) is 5.75 Å².